The van der Waals surface area contributed by atoms with Crippen molar-refractivity contribution in [1.29, 1.82) is 0 Å². The number of benzene rings is 1. The largest absolute Gasteiger partial charge is 0.323 e. The number of halogens is 1. The van der Waals surface area contributed by atoms with Gasteiger partial charge in [0.25, 0.3) is 0 Å². The lowest BCUT2D eigenvalue weighted by Gasteiger charge is -2.24. The third-order valence-electron chi connectivity index (χ3n) is 5.51. The topological polar surface area (TPSA) is 66.8 Å². The molecule has 150 valence electrons. The summed E-state index contributed by atoms with van der Waals surface area (Å²) in [6.07, 6.45) is 8.24. The first kappa shape index (κ1) is 18.9. The van der Waals surface area contributed by atoms with Gasteiger partial charge in [-0.25, -0.2) is 9.97 Å². The molecule has 1 aliphatic rings. The molecule has 1 aliphatic heterocycles. The molecular formula is C23H21ClN6. The molecule has 0 spiro atoms. The highest BCUT2D eigenvalue weighted by atomic mass is 35.5. The molecule has 0 bridgehead atoms. The SMILES string of the molecule is Cc1ccncc1-c1ccc(Cl)c2cnc(Nc3cnc4c(c3)CN(C)CC4)nc12. The van der Waals surface area contributed by atoms with Crippen LogP contribution in [0, 0.1) is 6.92 Å². The van der Waals surface area contributed by atoms with Crippen molar-refractivity contribution in [1.82, 2.24) is 24.8 Å². The van der Waals surface area contributed by atoms with Gasteiger partial charge in [0.1, 0.15) is 0 Å². The summed E-state index contributed by atoms with van der Waals surface area (Å²) in [6.45, 7) is 4.00. The Kier molecular flexibility index (Phi) is 4.81. The van der Waals surface area contributed by atoms with Crippen LogP contribution in [0.25, 0.3) is 22.0 Å². The molecule has 4 heterocycles. The number of hydrogen-bond acceptors (Lipinski definition) is 6. The van der Waals surface area contributed by atoms with Crippen molar-refractivity contribution in [3.63, 3.8) is 0 Å². The average molecular weight is 417 g/mol. The standard InChI is InChI=1S/C23H21ClN6/c1-14-5-7-25-11-18(14)17-3-4-20(24)19-12-27-23(29-22(17)19)28-16-9-15-13-30(2)8-6-21(15)26-10-16/h3-5,7,9-12H,6,8,13H2,1-2H3,(H,27,28,29). The van der Waals surface area contributed by atoms with Crippen molar-refractivity contribution < 1.29 is 0 Å². The van der Waals surface area contributed by atoms with E-state index in [2.05, 4.69) is 45.2 Å². The van der Waals surface area contributed by atoms with Crippen LogP contribution in [0.3, 0.4) is 0 Å². The van der Waals surface area contributed by atoms with Gasteiger partial charge in [0.15, 0.2) is 0 Å². The molecule has 30 heavy (non-hydrogen) atoms. The third-order valence-corrected chi connectivity index (χ3v) is 5.84. The summed E-state index contributed by atoms with van der Waals surface area (Å²) in [5, 5.41) is 4.75. The molecule has 7 heteroatoms. The van der Waals surface area contributed by atoms with Crippen molar-refractivity contribution in [3.05, 3.63) is 70.9 Å². The number of aryl methyl sites for hydroxylation is 1. The Balaban J connectivity index is 1.56. The number of rotatable bonds is 3. The molecular weight excluding hydrogens is 396 g/mol. The number of likely N-dealkylation sites (N-methyl/N-ethyl adjacent to an activating group) is 1. The number of anilines is 2. The average Bonchev–Trinajstić information content (AvgIpc) is 2.74. The number of aromatic nitrogens is 4. The van der Waals surface area contributed by atoms with Gasteiger partial charge in [-0.2, -0.15) is 0 Å². The molecule has 0 amide bonds. The summed E-state index contributed by atoms with van der Waals surface area (Å²) in [4.78, 5) is 20.5. The van der Waals surface area contributed by atoms with E-state index in [1.54, 1.807) is 12.4 Å². The first-order valence-electron chi connectivity index (χ1n) is 9.88. The molecule has 0 aliphatic carbocycles. The summed E-state index contributed by atoms with van der Waals surface area (Å²) in [7, 11) is 2.13. The van der Waals surface area contributed by atoms with E-state index in [4.69, 9.17) is 16.6 Å². The van der Waals surface area contributed by atoms with E-state index in [0.717, 1.165) is 52.8 Å². The molecule has 0 atom stereocenters. The van der Waals surface area contributed by atoms with Gasteiger partial charge in [-0.15, -0.1) is 0 Å². The summed E-state index contributed by atoms with van der Waals surface area (Å²) < 4.78 is 0. The zero-order valence-electron chi connectivity index (χ0n) is 16.9. The lowest BCUT2D eigenvalue weighted by molar-refractivity contribution is 0.310. The second-order valence-electron chi connectivity index (χ2n) is 7.68. The van der Waals surface area contributed by atoms with E-state index in [9.17, 15) is 0 Å². The van der Waals surface area contributed by atoms with E-state index in [-0.39, 0.29) is 0 Å². The maximum Gasteiger partial charge on any atom is 0.227 e. The van der Waals surface area contributed by atoms with E-state index in [0.29, 0.717) is 11.0 Å². The Morgan fingerprint density at radius 2 is 1.97 bits per heavy atom. The number of nitrogens with zero attached hydrogens (tertiary/aromatic N) is 5. The first-order chi connectivity index (χ1) is 14.6. The van der Waals surface area contributed by atoms with Crippen molar-refractivity contribution in [3.8, 4) is 11.1 Å². The summed E-state index contributed by atoms with van der Waals surface area (Å²) in [6, 6.07) is 8.00. The van der Waals surface area contributed by atoms with Crippen LogP contribution in [0.1, 0.15) is 16.8 Å². The predicted octanol–water partition coefficient (Wildman–Crippen LogP) is 4.78. The Hall–Kier alpha value is -3.09. The molecule has 1 N–H and O–H groups in total. The molecule has 0 unspecified atom stereocenters. The highest BCUT2D eigenvalue weighted by Gasteiger charge is 2.16. The highest BCUT2D eigenvalue weighted by Crippen LogP contribution is 2.33. The number of hydrogen-bond donors (Lipinski definition) is 1. The van der Waals surface area contributed by atoms with Crippen molar-refractivity contribution >= 4 is 34.1 Å². The Bertz CT molecular complexity index is 1260. The number of fused-ring (bicyclic) bond motifs is 2. The zero-order valence-corrected chi connectivity index (χ0v) is 17.6. The summed E-state index contributed by atoms with van der Waals surface area (Å²) in [5.74, 6) is 0.512. The molecule has 0 fully saturated rings. The van der Waals surface area contributed by atoms with Crippen molar-refractivity contribution in [2.45, 2.75) is 19.9 Å². The minimum atomic E-state index is 0.512. The number of nitrogens with one attached hydrogen (secondary N) is 1. The van der Waals surface area contributed by atoms with Crippen LogP contribution in [-0.2, 0) is 13.0 Å². The fraction of sp³-hybridized carbons (Fsp3) is 0.217. The van der Waals surface area contributed by atoms with Gasteiger partial charge in [0.05, 0.1) is 22.4 Å². The molecule has 1 aromatic carbocycles. The van der Waals surface area contributed by atoms with Crippen LogP contribution in [0.4, 0.5) is 11.6 Å². The first-order valence-corrected chi connectivity index (χ1v) is 10.3. The van der Waals surface area contributed by atoms with Gasteiger partial charge < -0.3 is 10.2 Å². The van der Waals surface area contributed by atoms with E-state index < -0.39 is 0 Å². The maximum atomic E-state index is 6.43. The van der Waals surface area contributed by atoms with E-state index in [1.165, 1.54) is 11.3 Å². The summed E-state index contributed by atoms with van der Waals surface area (Å²) in [5.41, 5.74) is 7.22. The van der Waals surface area contributed by atoms with Gasteiger partial charge in [0, 0.05) is 60.3 Å². The normalized spacial score (nSPS) is 14.0. The van der Waals surface area contributed by atoms with Gasteiger partial charge in [-0.1, -0.05) is 17.7 Å². The summed E-state index contributed by atoms with van der Waals surface area (Å²) >= 11 is 6.43. The lowest BCUT2D eigenvalue weighted by atomic mass is 10.0. The fourth-order valence-electron chi connectivity index (χ4n) is 3.88. The Morgan fingerprint density at radius 1 is 1.07 bits per heavy atom. The number of pyridine rings is 2. The smallest absolute Gasteiger partial charge is 0.227 e. The molecule has 0 saturated carbocycles. The van der Waals surface area contributed by atoms with Crippen LogP contribution in [0.5, 0.6) is 0 Å². The zero-order chi connectivity index (χ0) is 20.7. The van der Waals surface area contributed by atoms with Crippen LogP contribution in [0.15, 0.2) is 49.1 Å². The van der Waals surface area contributed by atoms with Gasteiger partial charge in [-0.05, 0) is 43.3 Å². The van der Waals surface area contributed by atoms with E-state index in [1.807, 2.05) is 30.6 Å². The van der Waals surface area contributed by atoms with E-state index >= 15 is 0 Å². The van der Waals surface area contributed by atoms with Crippen LogP contribution in [0.2, 0.25) is 5.02 Å². The second-order valence-corrected chi connectivity index (χ2v) is 8.09. The van der Waals surface area contributed by atoms with Crippen molar-refractivity contribution in [2.75, 3.05) is 18.9 Å². The Labute approximate surface area is 180 Å². The quantitative estimate of drug-likeness (QED) is 0.518. The van der Waals surface area contributed by atoms with Crippen LogP contribution >= 0.6 is 11.6 Å². The lowest BCUT2D eigenvalue weighted by Crippen LogP contribution is -2.27. The molecule has 5 rings (SSSR count). The maximum absolute atomic E-state index is 6.43. The highest BCUT2D eigenvalue weighted by molar-refractivity contribution is 6.35. The minimum absolute atomic E-state index is 0.512. The molecule has 3 aromatic heterocycles. The van der Waals surface area contributed by atoms with Crippen LogP contribution < -0.4 is 5.32 Å². The fourth-order valence-corrected chi connectivity index (χ4v) is 4.08. The monoisotopic (exact) mass is 416 g/mol. The molecule has 4 aromatic rings. The molecule has 0 radical (unpaired) electrons. The Morgan fingerprint density at radius 3 is 2.83 bits per heavy atom. The van der Waals surface area contributed by atoms with Crippen molar-refractivity contribution in [2.24, 2.45) is 0 Å². The van der Waals surface area contributed by atoms with Crippen LogP contribution in [-0.4, -0.2) is 38.4 Å². The van der Waals surface area contributed by atoms with Gasteiger partial charge in [0.2, 0.25) is 5.95 Å². The minimum Gasteiger partial charge on any atom is -0.323 e. The molecule has 0 saturated heterocycles. The third kappa shape index (κ3) is 3.49. The van der Waals surface area contributed by atoms with Gasteiger partial charge in [-0.3, -0.25) is 9.97 Å². The predicted molar refractivity (Wildman–Crippen MR) is 120 cm³/mol. The second kappa shape index (κ2) is 7.63. The van der Waals surface area contributed by atoms with Gasteiger partial charge >= 0.3 is 0 Å². The molecule has 6 nitrogen and oxygen atoms in total.